The SMILES string of the molecule is O=C1O[C@@H]2CN(c3nccc4occc34)C[C@@H]2N1CCCN1CCOCC1. The van der Waals surface area contributed by atoms with Crippen LogP contribution in [0.1, 0.15) is 6.42 Å². The third-order valence-electron chi connectivity index (χ3n) is 5.76. The lowest BCUT2D eigenvalue weighted by molar-refractivity contribution is 0.0363. The minimum absolute atomic E-state index is 0.0890. The van der Waals surface area contributed by atoms with Gasteiger partial charge in [-0.05, 0) is 18.6 Å². The van der Waals surface area contributed by atoms with Crippen molar-refractivity contribution in [3.63, 3.8) is 0 Å². The average Bonchev–Trinajstić information content (AvgIpc) is 3.38. The number of morpholine rings is 1. The summed E-state index contributed by atoms with van der Waals surface area (Å²) < 4.78 is 16.5. The first kappa shape index (κ1) is 16.8. The summed E-state index contributed by atoms with van der Waals surface area (Å²) >= 11 is 0. The quantitative estimate of drug-likeness (QED) is 0.789. The number of hydrogen-bond donors (Lipinski definition) is 0. The largest absolute Gasteiger partial charge is 0.464 e. The molecule has 5 heterocycles. The Balaban J connectivity index is 1.24. The third kappa shape index (κ3) is 3.12. The van der Waals surface area contributed by atoms with Crippen molar-refractivity contribution in [2.75, 3.05) is 57.4 Å². The number of carbonyl (C=O) groups is 1. The zero-order valence-electron chi connectivity index (χ0n) is 15.2. The van der Waals surface area contributed by atoms with Crippen molar-refractivity contribution in [1.29, 1.82) is 0 Å². The lowest BCUT2D eigenvalue weighted by Gasteiger charge is -2.28. The molecule has 27 heavy (non-hydrogen) atoms. The molecule has 0 unspecified atom stereocenters. The van der Waals surface area contributed by atoms with Gasteiger partial charge in [-0.2, -0.15) is 0 Å². The van der Waals surface area contributed by atoms with Crippen molar-refractivity contribution < 1.29 is 18.7 Å². The summed E-state index contributed by atoms with van der Waals surface area (Å²) in [5.41, 5.74) is 0.830. The Morgan fingerprint density at radius 3 is 2.93 bits per heavy atom. The Labute approximate surface area is 157 Å². The van der Waals surface area contributed by atoms with Crippen LogP contribution in [0.15, 0.2) is 29.0 Å². The van der Waals surface area contributed by atoms with E-state index in [-0.39, 0.29) is 18.2 Å². The molecule has 0 bridgehead atoms. The third-order valence-corrected chi connectivity index (χ3v) is 5.76. The summed E-state index contributed by atoms with van der Waals surface area (Å²) in [5, 5.41) is 1.00. The molecule has 0 spiro atoms. The summed E-state index contributed by atoms with van der Waals surface area (Å²) in [5.74, 6) is 0.903. The smallest absolute Gasteiger partial charge is 0.410 e. The molecular weight excluding hydrogens is 348 g/mol. The molecule has 1 amide bonds. The number of rotatable bonds is 5. The maximum atomic E-state index is 12.3. The summed E-state index contributed by atoms with van der Waals surface area (Å²) in [7, 11) is 0. The molecule has 5 rings (SSSR count). The lowest BCUT2D eigenvalue weighted by atomic mass is 10.2. The van der Waals surface area contributed by atoms with E-state index in [1.54, 1.807) is 12.5 Å². The Hall–Kier alpha value is -2.32. The number of anilines is 1. The predicted molar refractivity (Wildman–Crippen MR) is 98.9 cm³/mol. The Morgan fingerprint density at radius 2 is 2.04 bits per heavy atom. The monoisotopic (exact) mass is 372 g/mol. The van der Waals surface area contributed by atoms with Crippen molar-refractivity contribution >= 4 is 22.9 Å². The highest BCUT2D eigenvalue weighted by atomic mass is 16.6. The minimum Gasteiger partial charge on any atom is -0.464 e. The van der Waals surface area contributed by atoms with E-state index in [1.165, 1.54) is 0 Å². The van der Waals surface area contributed by atoms with Crippen LogP contribution in [0.5, 0.6) is 0 Å². The van der Waals surface area contributed by atoms with E-state index in [1.807, 2.05) is 17.0 Å². The summed E-state index contributed by atoms with van der Waals surface area (Å²) in [6, 6.07) is 3.90. The number of hydrogen-bond acceptors (Lipinski definition) is 7. The minimum atomic E-state index is -0.180. The zero-order valence-corrected chi connectivity index (χ0v) is 15.2. The predicted octanol–water partition coefficient (Wildman–Crippen LogP) is 1.56. The Kier molecular flexibility index (Phi) is 4.37. The van der Waals surface area contributed by atoms with Crippen molar-refractivity contribution in [2.45, 2.75) is 18.6 Å². The first-order valence-corrected chi connectivity index (χ1v) is 9.64. The van der Waals surface area contributed by atoms with E-state index in [9.17, 15) is 4.79 Å². The number of aromatic nitrogens is 1. The zero-order chi connectivity index (χ0) is 18.2. The first-order chi connectivity index (χ1) is 13.3. The van der Waals surface area contributed by atoms with Crippen LogP contribution in [0.3, 0.4) is 0 Å². The van der Waals surface area contributed by atoms with E-state index in [4.69, 9.17) is 13.9 Å². The summed E-state index contributed by atoms with van der Waals surface area (Å²) in [6.07, 6.45) is 4.13. The molecule has 0 aliphatic carbocycles. The molecule has 3 saturated heterocycles. The maximum absolute atomic E-state index is 12.3. The number of nitrogens with zero attached hydrogens (tertiary/aromatic N) is 4. The topological polar surface area (TPSA) is 71.3 Å². The highest BCUT2D eigenvalue weighted by Gasteiger charge is 2.48. The van der Waals surface area contributed by atoms with Gasteiger partial charge in [0.05, 0.1) is 37.4 Å². The van der Waals surface area contributed by atoms with Crippen LogP contribution in [-0.2, 0) is 9.47 Å². The van der Waals surface area contributed by atoms with Crippen molar-refractivity contribution in [1.82, 2.24) is 14.8 Å². The normalized spacial score (nSPS) is 26.0. The number of amides is 1. The van der Waals surface area contributed by atoms with Crippen molar-refractivity contribution in [3.05, 3.63) is 24.6 Å². The first-order valence-electron chi connectivity index (χ1n) is 9.64. The van der Waals surface area contributed by atoms with E-state index < -0.39 is 0 Å². The van der Waals surface area contributed by atoms with Gasteiger partial charge in [0.25, 0.3) is 0 Å². The molecule has 0 aromatic carbocycles. The van der Waals surface area contributed by atoms with Crippen LogP contribution >= 0.6 is 0 Å². The molecule has 2 aromatic heterocycles. The van der Waals surface area contributed by atoms with Crippen LogP contribution < -0.4 is 4.90 Å². The molecule has 2 aromatic rings. The molecule has 3 fully saturated rings. The maximum Gasteiger partial charge on any atom is 0.410 e. The second-order valence-electron chi connectivity index (χ2n) is 7.36. The number of pyridine rings is 1. The van der Waals surface area contributed by atoms with Gasteiger partial charge in [0.2, 0.25) is 0 Å². The van der Waals surface area contributed by atoms with Gasteiger partial charge in [-0.3, -0.25) is 9.80 Å². The lowest BCUT2D eigenvalue weighted by Crippen LogP contribution is -2.41. The number of ether oxygens (including phenoxy) is 2. The fourth-order valence-electron chi connectivity index (χ4n) is 4.36. The van der Waals surface area contributed by atoms with Gasteiger partial charge in [0.15, 0.2) is 0 Å². The molecule has 2 atom stereocenters. The molecule has 8 heteroatoms. The molecule has 0 saturated carbocycles. The fourth-order valence-corrected chi connectivity index (χ4v) is 4.36. The van der Waals surface area contributed by atoms with Gasteiger partial charge < -0.3 is 18.8 Å². The van der Waals surface area contributed by atoms with Crippen LogP contribution in [0.4, 0.5) is 10.6 Å². The van der Waals surface area contributed by atoms with Crippen LogP contribution in [0.2, 0.25) is 0 Å². The molecule has 0 radical (unpaired) electrons. The van der Waals surface area contributed by atoms with E-state index in [2.05, 4.69) is 14.8 Å². The highest BCUT2D eigenvalue weighted by molar-refractivity contribution is 5.88. The standard InChI is InChI=1S/C19H24N4O4/c24-19-23(6-1-5-21-7-10-25-11-8-21)15-12-22(13-17(15)27-19)18-14-3-9-26-16(14)2-4-20-18/h2-4,9,15,17H,1,5-8,10-13H2/t15-,17+/m0/s1. The Morgan fingerprint density at radius 1 is 1.15 bits per heavy atom. The van der Waals surface area contributed by atoms with E-state index in [0.717, 1.165) is 69.1 Å². The van der Waals surface area contributed by atoms with Gasteiger partial charge in [0.1, 0.15) is 17.5 Å². The molecule has 144 valence electrons. The second kappa shape index (κ2) is 7.01. The van der Waals surface area contributed by atoms with Gasteiger partial charge in [-0.15, -0.1) is 0 Å². The molecular formula is C19H24N4O4. The molecule has 8 nitrogen and oxygen atoms in total. The van der Waals surface area contributed by atoms with Crippen LogP contribution in [-0.4, -0.2) is 85.5 Å². The van der Waals surface area contributed by atoms with Gasteiger partial charge >= 0.3 is 6.09 Å². The fraction of sp³-hybridized carbons (Fsp3) is 0.579. The second-order valence-corrected chi connectivity index (χ2v) is 7.36. The average molecular weight is 372 g/mol. The highest BCUT2D eigenvalue weighted by Crippen LogP contribution is 2.33. The van der Waals surface area contributed by atoms with Gasteiger partial charge in [-0.1, -0.05) is 0 Å². The summed E-state index contributed by atoms with van der Waals surface area (Å²) in [6.45, 7) is 6.70. The molecule has 3 aliphatic rings. The summed E-state index contributed by atoms with van der Waals surface area (Å²) in [4.78, 5) is 23.4. The molecule has 3 aliphatic heterocycles. The van der Waals surface area contributed by atoms with Crippen LogP contribution in [0.25, 0.3) is 11.0 Å². The van der Waals surface area contributed by atoms with Crippen molar-refractivity contribution in [3.8, 4) is 0 Å². The number of fused-ring (bicyclic) bond motifs is 2. The van der Waals surface area contributed by atoms with Crippen molar-refractivity contribution in [2.24, 2.45) is 0 Å². The number of carbonyl (C=O) groups excluding carboxylic acids is 1. The number of furan rings is 1. The van der Waals surface area contributed by atoms with E-state index >= 15 is 0 Å². The van der Waals surface area contributed by atoms with Gasteiger partial charge in [-0.25, -0.2) is 9.78 Å². The molecule has 0 N–H and O–H groups in total. The van der Waals surface area contributed by atoms with Gasteiger partial charge in [0, 0.05) is 38.9 Å². The van der Waals surface area contributed by atoms with E-state index in [0.29, 0.717) is 6.54 Å². The Bertz CT molecular complexity index is 819. The van der Waals surface area contributed by atoms with Crippen LogP contribution in [0, 0.1) is 0 Å².